The van der Waals surface area contributed by atoms with Crippen molar-refractivity contribution in [3.05, 3.63) is 53.0 Å². The van der Waals surface area contributed by atoms with E-state index in [0.29, 0.717) is 0 Å². The normalized spacial score (nSPS) is 18.6. The van der Waals surface area contributed by atoms with Gasteiger partial charge in [0.1, 0.15) is 0 Å². The van der Waals surface area contributed by atoms with Gasteiger partial charge in [0.2, 0.25) is 0 Å². The van der Waals surface area contributed by atoms with E-state index in [-0.39, 0.29) is 0 Å². The number of nitrogens with zero attached hydrogens (tertiary/aromatic N) is 4. The highest BCUT2D eigenvalue weighted by Crippen LogP contribution is 2.28. The van der Waals surface area contributed by atoms with Gasteiger partial charge in [0.15, 0.2) is 0 Å². The largest absolute Gasteiger partial charge is 0.379 e. The Morgan fingerprint density at radius 2 is 1.93 bits per heavy atom. The van der Waals surface area contributed by atoms with Crippen molar-refractivity contribution in [3.8, 4) is 0 Å². The maximum Gasteiger partial charge on any atom is 0.0594 e. The fourth-order valence-corrected chi connectivity index (χ4v) is 4.53. The number of hydrogen-bond donors (Lipinski definition) is 1. The van der Waals surface area contributed by atoms with E-state index in [1.165, 1.54) is 33.4 Å². The molecule has 1 aromatic carbocycles. The third-order valence-corrected chi connectivity index (χ3v) is 6.29. The molecular weight excluding hydrogens is 350 g/mol. The van der Waals surface area contributed by atoms with Crippen LogP contribution < -0.4 is 0 Å². The molecule has 4 heterocycles. The zero-order valence-electron chi connectivity index (χ0n) is 16.7. The van der Waals surface area contributed by atoms with Crippen LogP contribution in [-0.2, 0) is 30.8 Å². The summed E-state index contributed by atoms with van der Waals surface area (Å²) >= 11 is 0. The average molecular weight is 380 g/mol. The van der Waals surface area contributed by atoms with Crippen LogP contribution in [0.1, 0.15) is 22.5 Å². The first kappa shape index (κ1) is 17.9. The van der Waals surface area contributed by atoms with Crippen LogP contribution in [0.3, 0.4) is 0 Å². The zero-order valence-corrected chi connectivity index (χ0v) is 16.7. The highest BCUT2D eigenvalue weighted by atomic mass is 16.5. The second-order valence-corrected chi connectivity index (χ2v) is 8.02. The first-order chi connectivity index (χ1) is 13.8. The van der Waals surface area contributed by atoms with Gasteiger partial charge in [-0.25, -0.2) is 0 Å². The van der Waals surface area contributed by atoms with Crippen molar-refractivity contribution in [1.82, 2.24) is 24.6 Å². The van der Waals surface area contributed by atoms with Crippen LogP contribution in [0, 0.1) is 6.92 Å². The van der Waals surface area contributed by atoms with Gasteiger partial charge >= 0.3 is 0 Å². The SMILES string of the molecule is Cc1c(CN2CCc3[nH]c4ccccc4c3C2)cnn1CCN1CCOCC1. The highest BCUT2D eigenvalue weighted by molar-refractivity contribution is 5.84. The monoisotopic (exact) mass is 379 g/mol. The summed E-state index contributed by atoms with van der Waals surface area (Å²) in [6.45, 7) is 11.1. The summed E-state index contributed by atoms with van der Waals surface area (Å²) in [5, 5.41) is 6.05. The van der Waals surface area contributed by atoms with E-state index in [4.69, 9.17) is 4.74 Å². The van der Waals surface area contributed by atoms with Crippen molar-refractivity contribution >= 4 is 10.9 Å². The fourth-order valence-electron chi connectivity index (χ4n) is 4.53. The van der Waals surface area contributed by atoms with E-state index in [9.17, 15) is 0 Å². The minimum Gasteiger partial charge on any atom is -0.379 e. The number of ether oxygens (including phenoxy) is 1. The molecule has 1 N–H and O–H groups in total. The summed E-state index contributed by atoms with van der Waals surface area (Å²) in [7, 11) is 0. The molecule has 3 aromatic rings. The molecule has 0 atom stereocenters. The Morgan fingerprint density at radius 3 is 2.82 bits per heavy atom. The van der Waals surface area contributed by atoms with Crippen LogP contribution in [-0.4, -0.2) is 64.0 Å². The number of nitrogens with one attached hydrogen (secondary N) is 1. The molecule has 2 aromatic heterocycles. The second kappa shape index (κ2) is 7.70. The van der Waals surface area contributed by atoms with E-state index in [0.717, 1.165) is 65.4 Å². The zero-order chi connectivity index (χ0) is 18.9. The number of aromatic amines is 1. The van der Waals surface area contributed by atoms with Gasteiger partial charge in [-0.1, -0.05) is 18.2 Å². The minimum absolute atomic E-state index is 0.855. The molecule has 0 unspecified atom stereocenters. The van der Waals surface area contributed by atoms with Gasteiger partial charge in [0.05, 0.1) is 26.0 Å². The van der Waals surface area contributed by atoms with Gasteiger partial charge in [0, 0.05) is 73.5 Å². The number of hydrogen-bond acceptors (Lipinski definition) is 4. The minimum atomic E-state index is 0.855. The Morgan fingerprint density at radius 1 is 1.07 bits per heavy atom. The molecule has 5 rings (SSSR count). The van der Waals surface area contributed by atoms with Crippen LogP contribution in [0.25, 0.3) is 10.9 Å². The summed E-state index contributed by atoms with van der Waals surface area (Å²) in [5.41, 5.74) is 6.80. The molecule has 28 heavy (non-hydrogen) atoms. The molecule has 2 aliphatic rings. The van der Waals surface area contributed by atoms with Gasteiger partial charge in [0.25, 0.3) is 0 Å². The Hall–Kier alpha value is -2.15. The highest BCUT2D eigenvalue weighted by Gasteiger charge is 2.22. The van der Waals surface area contributed by atoms with Crippen molar-refractivity contribution in [2.45, 2.75) is 33.0 Å². The predicted octanol–water partition coefficient (Wildman–Crippen LogP) is 2.56. The van der Waals surface area contributed by atoms with Gasteiger partial charge in [-0.05, 0) is 18.6 Å². The third kappa shape index (κ3) is 3.48. The van der Waals surface area contributed by atoms with Crippen molar-refractivity contribution < 1.29 is 4.74 Å². The summed E-state index contributed by atoms with van der Waals surface area (Å²) in [6, 6.07) is 8.67. The molecule has 2 aliphatic heterocycles. The maximum absolute atomic E-state index is 5.44. The summed E-state index contributed by atoms with van der Waals surface area (Å²) in [5.74, 6) is 0. The lowest BCUT2D eigenvalue weighted by molar-refractivity contribution is 0.0359. The van der Waals surface area contributed by atoms with Crippen molar-refractivity contribution in [3.63, 3.8) is 0 Å². The quantitative estimate of drug-likeness (QED) is 0.740. The van der Waals surface area contributed by atoms with Gasteiger partial charge in [-0.3, -0.25) is 14.5 Å². The molecule has 0 spiro atoms. The average Bonchev–Trinajstić information content (AvgIpc) is 3.28. The Kier molecular flexibility index (Phi) is 4.93. The lowest BCUT2D eigenvalue weighted by Crippen LogP contribution is -2.38. The summed E-state index contributed by atoms with van der Waals surface area (Å²) in [4.78, 5) is 8.63. The number of para-hydroxylation sites is 1. The first-order valence-electron chi connectivity index (χ1n) is 10.4. The van der Waals surface area contributed by atoms with Crippen LogP contribution in [0.5, 0.6) is 0 Å². The van der Waals surface area contributed by atoms with E-state index in [2.05, 4.69) is 62.0 Å². The Balaban J connectivity index is 1.25. The number of benzene rings is 1. The van der Waals surface area contributed by atoms with Crippen molar-refractivity contribution in [2.75, 3.05) is 39.4 Å². The standard InChI is InChI=1S/C22H29N5O/c1-17-18(14-23-27(17)9-8-25-10-12-28-13-11-25)15-26-7-6-22-20(16-26)19-4-2-3-5-21(19)24-22/h2-5,14,24H,6-13,15-16H2,1H3. The lowest BCUT2D eigenvalue weighted by atomic mass is 10.0. The molecule has 6 heteroatoms. The Labute approximate surface area is 166 Å². The van der Waals surface area contributed by atoms with E-state index in [1.54, 1.807) is 0 Å². The van der Waals surface area contributed by atoms with Crippen LogP contribution >= 0.6 is 0 Å². The van der Waals surface area contributed by atoms with Crippen LogP contribution in [0.2, 0.25) is 0 Å². The molecule has 0 saturated carbocycles. The first-order valence-corrected chi connectivity index (χ1v) is 10.4. The Bertz CT molecular complexity index is 953. The number of H-pyrrole nitrogens is 1. The summed E-state index contributed by atoms with van der Waals surface area (Å²) < 4.78 is 7.61. The van der Waals surface area contributed by atoms with Gasteiger partial charge in [-0.15, -0.1) is 0 Å². The topological polar surface area (TPSA) is 49.3 Å². The smallest absolute Gasteiger partial charge is 0.0594 e. The number of fused-ring (bicyclic) bond motifs is 3. The molecule has 0 radical (unpaired) electrons. The van der Waals surface area contributed by atoms with E-state index >= 15 is 0 Å². The van der Waals surface area contributed by atoms with Gasteiger partial charge in [-0.2, -0.15) is 5.10 Å². The predicted molar refractivity (Wildman–Crippen MR) is 110 cm³/mol. The van der Waals surface area contributed by atoms with E-state index < -0.39 is 0 Å². The van der Waals surface area contributed by atoms with Crippen molar-refractivity contribution in [2.24, 2.45) is 0 Å². The molecule has 0 bridgehead atoms. The molecule has 1 fully saturated rings. The third-order valence-electron chi connectivity index (χ3n) is 6.29. The molecular formula is C22H29N5O. The fraction of sp³-hybridized carbons (Fsp3) is 0.500. The molecule has 0 aliphatic carbocycles. The lowest BCUT2D eigenvalue weighted by Gasteiger charge is -2.27. The summed E-state index contributed by atoms with van der Waals surface area (Å²) in [6.07, 6.45) is 3.16. The molecule has 1 saturated heterocycles. The number of rotatable bonds is 5. The number of aromatic nitrogens is 3. The van der Waals surface area contributed by atoms with Crippen LogP contribution in [0.4, 0.5) is 0 Å². The van der Waals surface area contributed by atoms with E-state index in [1.807, 2.05) is 0 Å². The second-order valence-electron chi connectivity index (χ2n) is 8.02. The van der Waals surface area contributed by atoms with Gasteiger partial charge < -0.3 is 9.72 Å². The molecule has 148 valence electrons. The van der Waals surface area contributed by atoms with Crippen molar-refractivity contribution in [1.29, 1.82) is 0 Å². The number of morpholine rings is 1. The molecule has 0 amide bonds. The maximum atomic E-state index is 5.44. The van der Waals surface area contributed by atoms with Crippen LogP contribution in [0.15, 0.2) is 30.5 Å². The molecule has 6 nitrogen and oxygen atoms in total.